The van der Waals surface area contributed by atoms with Crippen LogP contribution >= 0.6 is 11.6 Å². The molecule has 1 fully saturated rings. The first-order valence-electron chi connectivity index (χ1n) is 9.05. The molecule has 1 N–H and O–H groups in total. The van der Waals surface area contributed by atoms with Gasteiger partial charge in [0.15, 0.2) is 0 Å². The number of anilines is 2. The molecule has 1 aliphatic rings. The van der Waals surface area contributed by atoms with Crippen LogP contribution in [-0.4, -0.2) is 43.7 Å². The van der Waals surface area contributed by atoms with Gasteiger partial charge >= 0.3 is 6.03 Å². The van der Waals surface area contributed by atoms with Gasteiger partial charge in [-0.1, -0.05) is 18.5 Å². The Morgan fingerprint density at radius 3 is 2.48 bits per heavy atom. The molecule has 5 nitrogen and oxygen atoms in total. The maximum absolute atomic E-state index is 13.0. The van der Waals surface area contributed by atoms with Crippen molar-refractivity contribution in [2.75, 3.05) is 43.0 Å². The SMILES string of the molecule is CCCOc1ccc(NC(=O)N2CCN(c3ccc(F)cc3)CC2)cc1Cl. The van der Waals surface area contributed by atoms with Crippen LogP contribution in [0.3, 0.4) is 0 Å². The minimum Gasteiger partial charge on any atom is -0.492 e. The Hall–Kier alpha value is -2.47. The molecule has 0 aliphatic carbocycles. The van der Waals surface area contributed by atoms with Crippen LogP contribution in [0.15, 0.2) is 42.5 Å². The molecule has 0 atom stereocenters. The van der Waals surface area contributed by atoms with Crippen molar-refractivity contribution in [2.24, 2.45) is 0 Å². The van der Waals surface area contributed by atoms with Gasteiger partial charge < -0.3 is 19.9 Å². The lowest BCUT2D eigenvalue weighted by Crippen LogP contribution is -2.50. The van der Waals surface area contributed by atoms with E-state index in [0.717, 1.165) is 12.1 Å². The number of amides is 2. The number of rotatable bonds is 5. The molecule has 0 aromatic heterocycles. The molecule has 0 radical (unpaired) electrons. The Kier molecular flexibility index (Phi) is 6.40. The molecule has 1 saturated heterocycles. The number of nitrogens with one attached hydrogen (secondary N) is 1. The number of ether oxygens (including phenoxy) is 1. The van der Waals surface area contributed by atoms with Crippen molar-refractivity contribution in [2.45, 2.75) is 13.3 Å². The molecule has 27 heavy (non-hydrogen) atoms. The first kappa shape index (κ1) is 19.3. The predicted octanol–water partition coefficient (Wildman–Crippen LogP) is 4.62. The fraction of sp³-hybridized carbons (Fsp3) is 0.350. The Morgan fingerprint density at radius 1 is 1.15 bits per heavy atom. The number of hydrogen-bond acceptors (Lipinski definition) is 3. The van der Waals surface area contributed by atoms with E-state index >= 15 is 0 Å². The monoisotopic (exact) mass is 391 g/mol. The summed E-state index contributed by atoms with van der Waals surface area (Å²) in [6.45, 7) is 5.21. The van der Waals surface area contributed by atoms with Crippen molar-refractivity contribution < 1.29 is 13.9 Å². The summed E-state index contributed by atoms with van der Waals surface area (Å²) in [5, 5.41) is 3.35. The lowest BCUT2D eigenvalue weighted by atomic mass is 10.2. The zero-order chi connectivity index (χ0) is 19.2. The number of benzene rings is 2. The number of piperazine rings is 1. The molecule has 144 valence electrons. The van der Waals surface area contributed by atoms with Crippen molar-refractivity contribution in [1.29, 1.82) is 0 Å². The lowest BCUT2D eigenvalue weighted by Gasteiger charge is -2.36. The standard InChI is InChI=1S/C20H23ClFN3O2/c1-2-13-27-19-8-5-16(14-18(19)21)23-20(26)25-11-9-24(10-12-25)17-6-3-15(22)4-7-17/h3-8,14H,2,9-13H2,1H3,(H,23,26). The van der Waals surface area contributed by atoms with Crippen molar-refractivity contribution in [3.8, 4) is 5.75 Å². The summed E-state index contributed by atoms with van der Waals surface area (Å²) in [4.78, 5) is 16.4. The molecule has 2 aromatic carbocycles. The van der Waals surface area contributed by atoms with Gasteiger partial charge in [-0.05, 0) is 48.9 Å². The number of carbonyl (C=O) groups excluding carboxylic acids is 1. The fourth-order valence-electron chi connectivity index (χ4n) is 2.93. The number of nitrogens with zero attached hydrogens (tertiary/aromatic N) is 2. The zero-order valence-electron chi connectivity index (χ0n) is 15.3. The van der Waals surface area contributed by atoms with Crippen LogP contribution in [0.5, 0.6) is 5.75 Å². The highest BCUT2D eigenvalue weighted by Crippen LogP contribution is 2.28. The second-order valence-electron chi connectivity index (χ2n) is 6.37. The maximum atomic E-state index is 13.0. The summed E-state index contributed by atoms with van der Waals surface area (Å²) in [7, 11) is 0. The van der Waals surface area contributed by atoms with E-state index in [1.165, 1.54) is 12.1 Å². The minimum absolute atomic E-state index is 0.160. The van der Waals surface area contributed by atoms with Crippen LogP contribution in [0.2, 0.25) is 5.02 Å². The highest BCUT2D eigenvalue weighted by atomic mass is 35.5. The normalized spacial score (nSPS) is 14.2. The Labute approximate surface area is 163 Å². The third kappa shape index (κ3) is 5.04. The number of hydrogen-bond donors (Lipinski definition) is 1. The van der Waals surface area contributed by atoms with E-state index in [4.69, 9.17) is 16.3 Å². The molecule has 0 saturated carbocycles. The fourth-order valence-corrected chi connectivity index (χ4v) is 3.16. The summed E-state index contributed by atoms with van der Waals surface area (Å²) < 4.78 is 18.6. The third-order valence-corrected chi connectivity index (χ3v) is 4.70. The van der Waals surface area contributed by atoms with Gasteiger partial charge in [0.05, 0.1) is 11.6 Å². The average molecular weight is 392 g/mol. The molecule has 3 rings (SSSR count). The quantitative estimate of drug-likeness (QED) is 0.808. The molecule has 1 heterocycles. The van der Waals surface area contributed by atoms with Crippen molar-refractivity contribution in [3.05, 3.63) is 53.3 Å². The van der Waals surface area contributed by atoms with Crippen LogP contribution in [-0.2, 0) is 0 Å². The zero-order valence-corrected chi connectivity index (χ0v) is 16.0. The number of carbonyl (C=O) groups is 1. The molecular formula is C20H23ClFN3O2. The van der Waals surface area contributed by atoms with Gasteiger partial charge in [0.25, 0.3) is 0 Å². The van der Waals surface area contributed by atoms with Gasteiger partial charge in [-0.3, -0.25) is 0 Å². The molecule has 7 heteroatoms. The summed E-state index contributed by atoms with van der Waals surface area (Å²) in [6, 6.07) is 11.5. The smallest absolute Gasteiger partial charge is 0.321 e. The number of urea groups is 1. The van der Waals surface area contributed by atoms with E-state index in [9.17, 15) is 9.18 Å². The molecule has 0 bridgehead atoms. The summed E-state index contributed by atoms with van der Waals surface area (Å²) in [5.74, 6) is 0.367. The summed E-state index contributed by atoms with van der Waals surface area (Å²) >= 11 is 6.21. The van der Waals surface area contributed by atoms with Gasteiger partial charge in [0, 0.05) is 37.6 Å². The van der Waals surface area contributed by atoms with Crippen LogP contribution in [0, 0.1) is 5.82 Å². The molecular weight excluding hydrogens is 369 g/mol. The number of halogens is 2. The maximum Gasteiger partial charge on any atom is 0.321 e. The molecule has 2 amide bonds. The van der Waals surface area contributed by atoms with Gasteiger partial charge in [0.1, 0.15) is 11.6 Å². The van der Waals surface area contributed by atoms with Crippen molar-refractivity contribution in [3.63, 3.8) is 0 Å². The Balaban J connectivity index is 1.53. The van der Waals surface area contributed by atoms with Crippen molar-refractivity contribution >= 4 is 29.0 Å². The van der Waals surface area contributed by atoms with Crippen LogP contribution in [0.25, 0.3) is 0 Å². The predicted molar refractivity (Wildman–Crippen MR) is 106 cm³/mol. The Morgan fingerprint density at radius 2 is 1.85 bits per heavy atom. The molecule has 0 unspecified atom stereocenters. The summed E-state index contributed by atoms with van der Waals surface area (Å²) in [5.41, 5.74) is 1.60. The lowest BCUT2D eigenvalue weighted by molar-refractivity contribution is 0.208. The van der Waals surface area contributed by atoms with Crippen molar-refractivity contribution in [1.82, 2.24) is 4.90 Å². The van der Waals surface area contributed by atoms with Gasteiger partial charge in [0.2, 0.25) is 0 Å². The second kappa shape index (κ2) is 8.95. The Bertz CT molecular complexity index is 777. The van der Waals surface area contributed by atoms with E-state index in [0.29, 0.717) is 49.2 Å². The highest BCUT2D eigenvalue weighted by Gasteiger charge is 2.21. The van der Waals surface area contributed by atoms with Crippen LogP contribution in [0.4, 0.5) is 20.6 Å². The minimum atomic E-state index is -0.249. The third-order valence-electron chi connectivity index (χ3n) is 4.40. The van der Waals surface area contributed by atoms with E-state index in [1.807, 2.05) is 6.92 Å². The molecule has 2 aromatic rings. The molecule has 0 spiro atoms. The van der Waals surface area contributed by atoms with Crippen LogP contribution < -0.4 is 15.0 Å². The first-order valence-corrected chi connectivity index (χ1v) is 9.43. The van der Waals surface area contributed by atoms with Gasteiger partial charge in [-0.25, -0.2) is 9.18 Å². The average Bonchev–Trinajstić information content (AvgIpc) is 2.68. The van der Waals surface area contributed by atoms with Crippen LogP contribution in [0.1, 0.15) is 13.3 Å². The summed E-state index contributed by atoms with van der Waals surface area (Å²) in [6.07, 6.45) is 0.902. The topological polar surface area (TPSA) is 44.8 Å². The van der Waals surface area contributed by atoms with Gasteiger partial charge in [-0.2, -0.15) is 0 Å². The molecule has 1 aliphatic heterocycles. The van der Waals surface area contributed by atoms with E-state index < -0.39 is 0 Å². The first-order chi connectivity index (χ1) is 13.1. The van der Waals surface area contributed by atoms with E-state index in [2.05, 4.69) is 10.2 Å². The largest absolute Gasteiger partial charge is 0.492 e. The second-order valence-corrected chi connectivity index (χ2v) is 6.78. The van der Waals surface area contributed by atoms with Gasteiger partial charge in [-0.15, -0.1) is 0 Å². The van der Waals surface area contributed by atoms with E-state index in [1.54, 1.807) is 35.2 Å². The van der Waals surface area contributed by atoms with E-state index in [-0.39, 0.29) is 11.8 Å². The highest BCUT2D eigenvalue weighted by molar-refractivity contribution is 6.32.